The third kappa shape index (κ3) is 7.98. The van der Waals surface area contributed by atoms with Gasteiger partial charge < -0.3 is 15.0 Å². The highest BCUT2D eigenvalue weighted by Crippen LogP contribution is 2.17. The first kappa shape index (κ1) is 16.2. The first-order chi connectivity index (χ1) is 7.78. The number of carbonyl (C=O) groups is 1. The van der Waals surface area contributed by atoms with Gasteiger partial charge in [0.2, 0.25) is 5.91 Å². The van der Waals surface area contributed by atoms with Gasteiger partial charge in [-0.3, -0.25) is 4.79 Å². The van der Waals surface area contributed by atoms with Crippen molar-refractivity contribution >= 4 is 5.91 Å². The summed E-state index contributed by atoms with van der Waals surface area (Å²) < 4.78 is 41.4. The van der Waals surface area contributed by atoms with E-state index in [0.717, 1.165) is 4.90 Å². The predicted octanol–water partition coefficient (Wildman–Crippen LogP) is 1.02. The third-order valence-corrected chi connectivity index (χ3v) is 2.05. The summed E-state index contributed by atoms with van der Waals surface area (Å²) in [6.45, 7) is 2.62. The van der Waals surface area contributed by atoms with Crippen LogP contribution in [0.2, 0.25) is 0 Å². The Labute approximate surface area is 99.1 Å². The molecule has 0 rings (SSSR count). The smallest absolute Gasteiger partial charge is 0.383 e. The lowest BCUT2D eigenvalue weighted by Crippen LogP contribution is -2.47. The van der Waals surface area contributed by atoms with Gasteiger partial charge in [0.05, 0.1) is 13.2 Å². The second-order valence-electron chi connectivity index (χ2n) is 3.90. The van der Waals surface area contributed by atoms with Gasteiger partial charge in [-0.15, -0.1) is 0 Å². The van der Waals surface area contributed by atoms with Crippen molar-refractivity contribution < 1.29 is 22.7 Å². The quantitative estimate of drug-likeness (QED) is 0.691. The van der Waals surface area contributed by atoms with Gasteiger partial charge in [-0.2, -0.15) is 13.2 Å². The molecule has 0 unspecified atom stereocenters. The lowest BCUT2D eigenvalue weighted by molar-refractivity contribution is -0.164. The average Bonchev–Trinajstić information content (AvgIpc) is 2.19. The van der Waals surface area contributed by atoms with Crippen LogP contribution in [0.15, 0.2) is 0 Å². The molecule has 4 nitrogen and oxygen atoms in total. The van der Waals surface area contributed by atoms with Crippen molar-refractivity contribution in [2.24, 2.45) is 0 Å². The molecule has 0 aromatic carbocycles. The van der Waals surface area contributed by atoms with Gasteiger partial charge in [-0.05, 0) is 13.8 Å². The van der Waals surface area contributed by atoms with Gasteiger partial charge in [0, 0.05) is 19.7 Å². The van der Waals surface area contributed by atoms with E-state index >= 15 is 0 Å². The number of hydrogen-bond acceptors (Lipinski definition) is 3. The van der Waals surface area contributed by atoms with Crippen molar-refractivity contribution in [2.75, 3.05) is 33.4 Å². The molecular weight excluding hydrogens is 237 g/mol. The van der Waals surface area contributed by atoms with E-state index in [9.17, 15) is 18.0 Å². The number of amides is 1. The summed E-state index contributed by atoms with van der Waals surface area (Å²) in [7, 11) is 1.51. The lowest BCUT2D eigenvalue weighted by atomic mass is 10.3. The summed E-state index contributed by atoms with van der Waals surface area (Å²) in [4.78, 5) is 12.4. The Bertz CT molecular complexity index is 232. The summed E-state index contributed by atoms with van der Waals surface area (Å²) in [6, 6.07) is -0.478. The zero-order valence-electron chi connectivity index (χ0n) is 10.3. The van der Waals surface area contributed by atoms with Crippen LogP contribution >= 0.6 is 0 Å². The van der Waals surface area contributed by atoms with Crippen LogP contribution in [0.4, 0.5) is 13.2 Å². The van der Waals surface area contributed by atoms with Crippen LogP contribution < -0.4 is 5.32 Å². The van der Waals surface area contributed by atoms with Gasteiger partial charge in [0.15, 0.2) is 0 Å². The minimum absolute atomic E-state index is 0.113. The maximum absolute atomic E-state index is 12.2. The van der Waals surface area contributed by atoms with E-state index in [1.807, 2.05) is 0 Å². The molecule has 1 amide bonds. The number of methoxy groups -OCH3 is 1. The Balaban J connectivity index is 4.17. The molecule has 102 valence electrons. The van der Waals surface area contributed by atoms with Crippen LogP contribution in [0, 0.1) is 0 Å². The molecule has 0 bridgehead atoms. The average molecular weight is 256 g/mol. The van der Waals surface area contributed by atoms with E-state index in [1.165, 1.54) is 7.11 Å². The van der Waals surface area contributed by atoms with Crippen molar-refractivity contribution in [2.45, 2.75) is 26.1 Å². The van der Waals surface area contributed by atoms with Gasteiger partial charge in [-0.25, -0.2) is 0 Å². The summed E-state index contributed by atoms with van der Waals surface area (Å²) in [5, 5.41) is 2.72. The molecule has 0 aromatic rings. The predicted molar refractivity (Wildman–Crippen MR) is 57.6 cm³/mol. The maximum Gasteiger partial charge on any atom is 0.406 e. The second-order valence-corrected chi connectivity index (χ2v) is 3.90. The van der Waals surface area contributed by atoms with Crippen LogP contribution in [-0.2, 0) is 9.53 Å². The van der Waals surface area contributed by atoms with Crippen molar-refractivity contribution in [3.8, 4) is 0 Å². The molecule has 0 aromatic heterocycles. The highest BCUT2D eigenvalue weighted by Gasteiger charge is 2.33. The van der Waals surface area contributed by atoms with Crippen LogP contribution in [0.25, 0.3) is 0 Å². The van der Waals surface area contributed by atoms with E-state index in [-0.39, 0.29) is 6.54 Å². The van der Waals surface area contributed by atoms with E-state index in [1.54, 1.807) is 13.8 Å². The number of ether oxygens (including phenoxy) is 1. The molecule has 0 aliphatic carbocycles. The Hall–Kier alpha value is -0.820. The Morgan fingerprint density at radius 1 is 1.41 bits per heavy atom. The van der Waals surface area contributed by atoms with Crippen molar-refractivity contribution in [3.63, 3.8) is 0 Å². The van der Waals surface area contributed by atoms with Crippen LogP contribution in [0.1, 0.15) is 13.8 Å². The largest absolute Gasteiger partial charge is 0.406 e. The summed E-state index contributed by atoms with van der Waals surface area (Å²) >= 11 is 0. The van der Waals surface area contributed by atoms with Gasteiger partial charge in [-0.1, -0.05) is 0 Å². The zero-order valence-corrected chi connectivity index (χ0v) is 10.3. The topological polar surface area (TPSA) is 41.6 Å². The highest BCUT2D eigenvalue weighted by atomic mass is 19.4. The summed E-state index contributed by atoms with van der Waals surface area (Å²) in [5.74, 6) is -0.562. The normalized spacial score (nSPS) is 11.9. The molecule has 0 radical (unpaired) electrons. The molecule has 0 spiro atoms. The standard InChI is InChI=1S/C10H19F3N2O2/c1-8(2)15(7-10(11,12)13)9(16)6-14-4-5-17-3/h8,14H,4-7H2,1-3H3. The molecule has 17 heavy (non-hydrogen) atoms. The molecule has 0 atom stereocenters. The molecule has 7 heteroatoms. The molecule has 0 aliphatic rings. The van der Waals surface area contributed by atoms with Gasteiger partial charge in [0.1, 0.15) is 6.54 Å². The second kappa shape index (κ2) is 7.50. The van der Waals surface area contributed by atoms with Crippen LogP contribution in [-0.4, -0.2) is 56.4 Å². The minimum atomic E-state index is -4.37. The van der Waals surface area contributed by atoms with Crippen molar-refractivity contribution in [1.29, 1.82) is 0 Å². The Kier molecular flexibility index (Phi) is 7.13. The number of halogens is 3. The molecule has 0 saturated heterocycles. The fraction of sp³-hybridized carbons (Fsp3) is 0.900. The molecule has 0 aliphatic heterocycles. The fourth-order valence-electron chi connectivity index (χ4n) is 1.22. The third-order valence-electron chi connectivity index (χ3n) is 2.05. The zero-order chi connectivity index (χ0) is 13.5. The number of alkyl halides is 3. The van der Waals surface area contributed by atoms with E-state index in [2.05, 4.69) is 5.32 Å². The molecule has 0 saturated carbocycles. The molecule has 1 N–H and O–H groups in total. The lowest BCUT2D eigenvalue weighted by Gasteiger charge is -2.27. The van der Waals surface area contributed by atoms with Crippen molar-refractivity contribution in [3.05, 3.63) is 0 Å². The number of hydrogen-bond donors (Lipinski definition) is 1. The van der Waals surface area contributed by atoms with E-state index < -0.39 is 24.7 Å². The highest BCUT2D eigenvalue weighted by molar-refractivity contribution is 5.78. The maximum atomic E-state index is 12.2. The van der Waals surface area contributed by atoms with Crippen molar-refractivity contribution in [1.82, 2.24) is 10.2 Å². The minimum Gasteiger partial charge on any atom is -0.383 e. The summed E-state index contributed by atoms with van der Waals surface area (Å²) in [5.41, 5.74) is 0. The molecule has 0 fully saturated rings. The Morgan fingerprint density at radius 2 is 2.00 bits per heavy atom. The fourth-order valence-corrected chi connectivity index (χ4v) is 1.22. The first-order valence-corrected chi connectivity index (χ1v) is 5.33. The number of nitrogens with one attached hydrogen (secondary N) is 1. The monoisotopic (exact) mass is 256 g/mol. The van der Waals surface area contributed by atoms with E-state index in [0.29, 0.717) is 13.2 Å². The number of nitrogens with zero attached hydrogens (tertiary/aromatic N) is 1. The number of rotatable bonds is 7. The van der Waals surface area contributed by atoms with Crippen LogP contribution in [0.5, 0.6) is 0 Å². The van der Waals surface area contributed by atoms with Crippen LogP contribution in [0.3, 0.4) is 0 Å². The van der Waals surface area contributed by atoms with Gasteiger partial charge in [0.25, 0.3) is 0 Å². The van der Waals surface area contributed by atoms with E-state index in [4.69, 9.17) is 4.74 Å². The SMILES string of the molecule is COCCNCC(=O)N(CC(F)(F)F)C(C)C. The molecule has 0 heterocycles. The number of carbonyl (C=O) groups excluding carboxylic acids is 1. The molecular formula is C10H19F3N2O2. The van der Waals surface area contributed by atoms with Gasteiger partial charge >= 0.3 is 6.18 Å². The Morgan fingerprint density at radius 3 is 2.41 bits per heavy atom. The summed E-state index contributed by atoms with van der Waals surface area (Å²) in [6.07, 6.45) is -4.37. The first-order valence-electron chi connectivity index (χ1n) is 5.33.